The number of ether oxygens (including phenoxy) is 1. The Kier molecular flexibility index (Phi) is 4.30. The van der Waals surface area contributed by atoms with Gasteiger partial charge in [0.25, 0.3) is 0 Å². The molecule has 6 heteroatoms. The molecular weight excluding hydrogens is 236 g/mol. The van der Waals surface area contributed by atoms with Crippen LogP contribution >= 0.6 is 0 Å². The largest absolute Gasteiger partial charge is 0.376 e. The third-order valence-corrected chi connectivity index (χ3v) is 3.27. The Hall–Kier alpha value is -1.43. The van der Waals surface area contributed by atoms with Crippen LogP contribution in [0.15, 0.2) is 0 Å². The van der Waals surface area contributed by atoms with E-state index in [-0.39, 0.29) is 49.6 Å². The Morgan fingerprint density at radius 3 is 2.67 bits per heavy atom. The molecule has 0 aromatic heterocycles. The van der Waals surface area contributed by atoms with Crippen LogP contribution < -0.4 is 5.32 Å². The molecule has 0 saturated carbocycles. The SMILES string of the molecule is O=C(CCN1C(=O)CCC1=O)NCC1CCCO1. The molecule has 1 atom stereocenters. The minimum atomic E-state index is -0.174. The zero-order valence-corrected chi connectivity index (χ0v) is 10.3. The molecule has 2 aliphatic rings. The molecule has 0 spiro atoms. The van der Waals surface area contributed by atoms with Crippen LogP contribution in [0.3, 0.4) is 0 Å². The average Bonchev–Trinajstić information content (AvgIpc) is 2.96. The van der Waals surface area contributed by atoms with Crippen LogP contribution in [0.5, 0.6) is 0 Å². The predicted molar refractivity (Wildman–Crippen MR) is 62.6 cm³/mol. The first-order valence-electron chi connectivity index (χ1n) is 6.38. The van der Waals surface area contributed by atoms with Gasteiger partial charge < -0.3 is 10.1 Å². The monoisotopic (exact) mass is 254 g/mol. The highest BCUT2D eigenvalue weighted by molar-refractivity contribution is 6.02. The average molecular weight is 254 g/mol. The first-order valence-corrected chi connectivity index (χ1v) is 6.38. The van der Waals surface area contributed by atoms with Gasteiger partial charge in [0.05, 0.1) is 6.10 Å². The number of rotatable bonds is 5. The molecule has 0 bridgehead atoms. The van der Waals surface area contributed by atoms with E-state index < -0.39 is 0 Å². The van der Waals surface area contributed by atoms with Gasteiger partial charge in [-0.05, 0) is 12.8 Å². The van der Waals surface area contributed by atoms with Crippen LogP contribution in [0.1, 0.15) is 32.1 Å². The summed E-state index contributed by atoms with van der Waals surface area (Å²) in [7, 11) is 0. The van der Waals surface area contributed by atoms with Crippen molar-refractivity contribution < 1.29 is 19.1 Å². The minimum absolute atomic E-state index is 0.115. The number of carbonyl (C=O) groups excluding carboxylic acids is 3. The van der Waals surface area contributed by atoms with E-state index in [0.717, 1.165) is 19.4 Å². The predicted octanol–water partition coefficient (Wildman–Crippen LogP) is -0.179. The summed E-state index contributed by atoms with van der Waals surface area (Å²) in [5.74, 6) is -0.489. The van der Waals surface area contributed by atoms with Gasteiger partial charge in [0.1, 0.15) is 0 Å². The molecule has 0 aromatic rings. The van der Waals surface area contributed by atoms with Crippen molar-refractivity contribution in [2.24, 2.45) is 0 Å². The molecule has 0 radical (unpaired) electrons. The van der Waals surface area contributed by atoms with Crippen molar-refractivity contribution >= 4 is 17.7 Å². The topological polar surface area (TPSA) is 75.7 Å². The molecule has 1 N–H and O–H groups in total. The second-order valence-electron chi connectivity index (χ2n) is 4.63. The Morgan fingerprint density at radius 1 is 1.33 bits per heavy atom. The fourth-order valence-electron chi connectivity index (χ4n) is 2.21. The molecule has 0 aromatic carbocycles. The van der Waals surface area contributed by atoms with Crippen molar-refractivity contribution in [3.05, 3.63) is 0 Å². The second-order valence-corrected chi connectivity index (χ2v) is 4.63. The zero-order valence-electron chi connectivity index (χ0n) is 10.3. The number of hydrogen-bond donors (Lipinski definition) is 1. The van der Waals surface area contributed by atoms with E-state index in [9.17, 15) is 14.4 Å². The summed E-state index contributed by atoms with van der Waals surface area (Å²) >= 11 is 0. The molecule has 2 saturated heterocycles. The number of likely N-dealkylation sites (tertiary alicyclic amines) is 1. The molecule has 0 aliphatic carbocycles. The quantitative estimate of drug-likeness (QED) is 0.691. The van der Waals surface area contributed by atoms with Crippen LogP contribution in [0.2, 0.25) is 0 Å². The van der Waals surface area contributed by atoms with Gasteiger partial charge in [0.15, 0.2) is 0 Å². The van der Waals surface area contributed by atoms with E-state index in [2.05, 4.69) is 5.32 Å². The Bertz CT molecular complexity index is 334. The summed E-state index contributed by atoms with van der Waals surface area (Å²) in [6, 6.07) is 0. The number of imide groups is 1. The maximum absolute atomic E-state index is 11.6. The maximum Gasteiger partial charge on any atom is 0.229 e. The van der Waals surface area contributed by atoms with E-state index >= 15 is 0 Å². The maximum atomic E-state index is 11.6. The van der Waals surface area contributed by atoms with Gasteiger partial charge in [-0.2, -0.15) is 0 Å². The van der Waals surface area contributed by atoms with Crippen molar-refractivity contribution in [1.82, 2.24) is 10.2 Å². The van der Waals surface area contributed by atoms with Crippen molar-refractivity contribution in [3.8, 4) is 0 Å². The van der Waals surface area contributed by atoms with Crippen molar-refractivity contribution in [3.63, 3.8) is 0 Å². The summed E-state index contributed by atoms with van der Waals surface area (Å²) in [5.41, 5.74) is 0. The number of nitrogens with zero attached hydrogens (tertiary/aromatic N) is 1. The highest BCUT2D eigenvalue weighted by Gasteiger charge is 2.28. The van der Waals surface area contributed by atoms with Gasteiger partial charge >= 0.3 is 0 Å². The standard InChI is InChI=1S/C12H18N2O4/c15-10(13-8-9-2-1-7-18-9)5-6-14-11(16)3-4-12(14)17/h9H,1-8H2,(H,13,15). The Labute approximate surface area is 106 Å². The third kappa shape index (κ3) is 3.29. The van der Waals surface area contributed by atoms with Gasteiger partial charge in [-0.1, -0.05) is 0 Å². The van der Waals surface area contributed by atoms with Crippen LogP contribution in [0, 0.1) is 0 Å². The van der Waals surface area contributed by atoms with Crippen molar-refractivity contribution in [2.45, 2.75) is 38.2 Å². The van der Waals surface area contributed by atoms with Crippen molar-refractivity contribution in [1.29, 1.82) is 0 Å². The Morgan fingerprint density at radius 2 is 2.06 bits per heavy atom. The van der Waals surface area contributed by atoms with Gasteiger partial charge in [0.2, 0.25) is 17.7 Å². The lowest BCUT2D eigenvalue weighted by Gasteiger charge is -2.14. The molecule has 18 heavy (non-hydrogen) atoms. The fraction of sp³-hybridized carbons (Fsp3) is 0.750. The van der Waals surface area contributed by atoms with Crippen LogP contribution in [-0.2, 0) is 19.1 Å². The first kappa shape index (κ1) is 13.0. The third-order valence-electron chi connectivity index (χ3n) is 3.27. The molecule has 2 heterocycles. The minimum Gasteiger partial charge on any atom is -0.376 e. The van der Waals surface area contributed by atoms with Gasteiger partial charge in [-0.3, -0.25) is 19.3 Å². The lowest BCUT2D eigenvalue weighted by atomic mass is 10.2. The highest BCUT2D eigenvalue weighted by Crippen LogP contribution is 2.12. The lowest BCUT2D eigenvalue weighted by molar-refractivity contribution is -0.138. The van der Waals surface area contributed by atoms with Crippen LogP contribution in [0.25, 0.3) is 0 Å². The van der Waals surface area contributed by atoms with Gasteiger partial charge in [-0.15, -0.1) is 0 Å². The first-order chi connectivity index (χ1) is 8.66. The molecule has 3 amide bonds. The number of hydrogen-bond acceptors (Lipinski definition) is 4. The normalized spacial score (nSPS) is 23.8. The number of nitrogens with one attached hydrogen (secondary N) is 1. The summed E-state index contributed by atoms with van der Waals surface area (Å²) < 4.78 is 5.38. The summed E-state index contributed by atoms with van der Waals surface area (Å²) in [6.07, 6.45) is 2.85. The molecule has 2 fully saturated rings. The smallest absolute Gasteiger partial charge is 0.229 e. The van der Waals surface area contributed by atoms with E-state index in [4.69, 9.17) is 4.74 Å². The molecule has 6 nitrogen and oxygen atoms in total. The van der Waals surface area contributed by atoms with Gasteiger partial charge in [-0.25, -0.2) is 0 Å². The second kappa shape index (κ2) is 5.95. The summed E-state index contributed by atoms with van der Waals surface area (Å²) in [6.45, 7) is 1.47. The van der Waals surface area contributed by atoms with E-state index in [1.807, 2.05) is 0 Å². The van der Waals surface area contributed by atoms with E-state index in [0.29, 0.717) is 6.54 Å². The fourth-order valence-corrected chi connectivity index (χ4v) is 2.21. The Balaban J connectivity index is 1.65. The van der Waals surface area contributed by atoms with Crippen LogP contribution in [-0.4, -0.2) is 48.4 Å². The summed E-state index contributed by atoms with van der Waals surface area (Å²) in [5, 5.41) is 2.77. The molecule has 100 valence electrons. The zero-order chi connectivity index (χ0) is 13.0. The van der Waals surface area contributed by atoms with E-state index in [1.54, 1.807) is 0 Å². The highest BCUT2D eigenvalue weighted by atomic mass is 16.5. The summed E-state index contributed by atoms with van der Waals surface area (Å²) in [4.78, 5) is 35.4. The molecule has 1 unspecified atom stereocenters. The molecule has 2 aliphatic heterocycles. The lowest BCUT2D eigenvalue weighted by Crippen LogP contribution is -2.36. The van der Waals surface area contributed by atoms with E-state index in [1.165, 1.54) is 4.90 Å². The van der Waals surface area contributed by atoms with Crippen molar-refractivity contribution in [2.75, 3.05) is 19.7 Å². The molecule has 2 rings (SSSR count). The van der Waals surface area contributed by atoms with Gasteiger partial charge in [0, 0.05) is 39.0 Å². The van der Waals surface area contributed by atoms with Crippen LogP contribution in [0.4, 0.5) is 0 Å². The molecular formula is C12H18N2O4. The number of amides is 3. The number of carbonyl (C=O) groups is 3.